The highest BCUT2D eigenvalue weighted by molar-refractivity contribution is 7.07. The Morgan fingerprint density at radius 3 is 3.10 bits per heavy atom. The number of pyridine rings is 1. The van der Waals surface area contributed by atoms with Gasteiger partial charge in [0, 0.05) is 18.1 Å². The van der Waals surface area contributed by atoms with Gasteiger partial charge in [0.2, 0.25) is 5.91 Å². The number of rotatable bonds is 3. The molecular formula is C14H14N4O2S. The van der Waals surface area contributed by atoms with Crippen molar-refractivity contribution in [2.24, 2.45) is 0 Å². The summed E-state index contributed by atoms with van der Waals surface area (Å²) in [4.78, 5) is 34.2. The van der Waals surface area contributed by atoms with Crippen LogP contribution in [-0.2, 0) is 4.79 Å². The Morgan fingerprint density at radius 1 is 1.48 bits per heavy atom. The molecule has 3 heterocycles. The van der Waals surface area contributed by atoms with Crippen LogP contribution in [-0.4, -0.2) is 34.4 Å². The van der Waals surface area contributed by atoms with Gasteiger partial charge in [0.05, 0.1) is 17.4 Å². The molecule has 0 aromatic carbocycles. The summed E-state index contributed by atoms with van der Waals surface area (Å²) in [5.74, 6) is -0.402. The molecule has 0 radical (unpaired) electrons. The fourth-order valence-electron chi connectivity index (χ4n) is 2.34. The molecular weight excluding hydrogens is 288 g/mol. The van der Waals surface area contributed by atoms with Crippen molar-refractivity contribution in [3.8, 4) is 0 Å². The zero-order chi connectivity index (χ0) is 14.7. The van der Waals surface area contributed by atoms with Gasteiger partial charge in [-0.1, -0.05) is 0 Å². The van der Waals surface area contributed by atoms with E-state index in [-0.39, 0.29) is 11.8 Å². The predicted molar refractivity (Wildman–Crippen MR) is 79.2 cm³/mol. The van der Waals surface area contributed by atoms with E-state index in [1.54, 1.807) is 34.3 Å². The second-order valence-corrected chi connectivity index (χ2v) is 5.46. The van der Waals surface area contributed by atoms with Gasteiger partial charge in [0.25, 0.3) is 5.91 Å². The molecule has 1 fully saturated rings. The Kier molecular flexibility index (Phi) is 3.92. The SMILES string of the molecule is O=C(N[C@H]1CCCN(c2cccnc2)C1=O)c1cscn1. The number of nitrogens with one attached hydrogen (secondary N) is 1. The predicted octanol–water partition coefficient (Wildman–Crippen LogP) is 1.46. The Balaban J connectivity index is 1.72. The first-order valence-electron chi connectivity index (χ1n) is 6.66. The summed E-state index contributed by atoms with van der Waals surface area (Å²) in [6, 6.07) is 3.13. The zero-order valence-corrected chi connectivity index (χ0v) is 12.0. The molecule has 0 unspecified atom stereocenters. The maximum absolute atomic E-state index is 12.5. The van der Waals surface area contributed by atoms with Crippen LogP contribution in [0.4, 0.5) is 5.69 Å². The van der Waals surface area contributed by atoms with Gasteiger partial charge in [-0.15, -0.1) is 11.3 Å². The van der Waals surface area contributed by atoms with E-state index >= 15 is 0 Å². The Hall–Kier alpha value is -2.28. The largest absolute Gasteiger partial charge is 0.339 e. The van der Waals surface area contributed by atoms with Crippen LogP contribution in [0.5, 0.6) is 0 Å². The molecule has 21 heavy (non-hydrogen) atoms. The second-order valence-electron chi connectivity index (χ2n) is 4.74. The average Bonchev–Trinajstić information content (AvgIpc) is 3.05. The lowest BCUT2D eigenvalue weighted by atomic mass is 10.0. The molecule has 1 aliphatic rings. The van der Waals surface area contributed by atoms with Crippen LogP contribution in [0.25, 0.3) is 0 Å². The van der Waals surface area contributed by atoms with Crippen LogP contribution in [0.1, 0.15) is 23.3 Å². The van der Waals surface area contributed by atoms with Gasteiger partial charge in [-0.25, -0.2) is 4.98 Å². The second kappa shape index (κ2) is 6.01. The van der Waals surface area contributed by atoms with Crippen LogP contribution in [0, 0.1) is 0 Å². The monoisotopic (exact) mass is 302 g/mol. The van der Waals surface area contributed by atoms with Gasteiger partial charge in [-0.05, 0) is 25.0 Å². The summed E-state index contributed by atoms with van der Waals surface area (Å²) in [5, 5.41) is 4.43. The van der Waals surface area contributed by atoms with Crippen molar-refractivity contribution in [1.82, 2.24) is 15.3 Å². The van der Waals surface area contributed by atoms with Crippen molar-refractivity contribution in [3.63, 3.8) is 0 Å². The summed E-state index contributed by atoms with van der Waals surface area (Å²) >= 11 is 1.35. The molecule has 2 aromatic heterocycles. The minimum Gasteiger partial charge on any atom is -0.339 e. The third-order valence-corrected chi connectivity index (χ3v) is 3.95. The van der Waals surface area contributed by atoms with Crippen molar-refractivity contribution >= 4 is 28.8 Å². The molecule has 0 aliphatic carbocycles. The van der Waals surface area contributed by atoms with Crippen molar-refractivity contribution in [1.29, 1.82) is 0 Å². The molecule has 7 heteroatoms. The first kappa shape index (κ1) is 13.7. The van der Waals surface area contributed by atoms with Crippen molar-refractivity contribution in [3.05, 3.63) is 41.1 Å². The molecule has 1 N–H and O–H groups in total. The van der Waals surface area contributed by atoms with Crippen LogP contribution >= 0.6 is 11.3 Å². The van der Waals surface area contributed by atoms with E-state index in [4.69, 9.17) is 0 Å². The number of aromatic nitrogens is 2. The van der Waals surface area contributed by atoms with E-state index in [0.29, 0.717) is 18.7 Å². The molecule has 0 bridgehead atoms. The summed E-state index contributed by atoms with van der Waals surface area (Å²) in [6.45, 7) is 0.646. The fourth-order valence-corrected chi connectivity index (χ4v) is 2.87. The van der Waals surface area contributed by atoms with Crippen LogP contribution < -0.4 is 10.2 Å². The molecule has 3 rings (SSSR count). The number of thiazole rings is 1. The van der Waals surface area contributed by atoms with Gasteiger partial charge < -0.3 is 10.2 Å². The fraction of sp³-hybridized carbons (Fsp3) is 0.286. The van der Waals surface area contributed by atoms with Crippen LogP contribution in [0.2, 0.25) is 0 Å². The maximum atomic E-state index is 12.5. The molecule has 0 saturated carbocycles. The topological polar surface area (TPSA) is 75.2 Å². The highest BCUT2D eigenvalue weighted by Gasteiger charge is 2.31. The smallest absolute Gasteiger partial charge is 0.271 e. The quantitative estimate of drug-likeness (QED) is 0.931. The van der Waals surface area contributed by atoms with E-state index in [1.807, 2.05) is 6.07 Å². The van der Waals surface area contributed by atoms with E-state index in [2.05, 4.69) is 15.3 Å². The lowest BCUT2D eigenvalue weighted by molar-refractivity contribution is -0.121. The minimum atomic E-state index is -0.506. The molecule has 6 nitrogen and oxygen atoms in total. The van der Waals surface area contributed by atoms with Gasteiger partial charge in [0.15, 0.2) is 0 Å². The zero-order valence-electron chi connectivity index (χ0n) is 11.2. The van der Waals surface area contributed by atoms with E-state index in [0.717, 1.165) is 12.1 Å². The molecule has 2 amide bonds. The number of hydrogen-bond donors (Lipinski definition) is 1. The molecule has 108 valence electrons. The number of piperidine rings is 1. The van der Waals surface area contributed by atoms with Crippen LogP contribution in [0.3, 0.4) is 0 Å². The van der Waals surface area contributed by atoms with Gasteiger partial charge in [-0.2, -0.15) is 0 Å². The molecule has 2 aromatic rings. The van der Waals surface area contributed by atoms with E-state index < -0.39 is 6.04 Å². The molecule has 1 saturated heterocycles. The summed E-state index contributed by atoms with van der Waals surface area (Å²) < 4.78 is 0. The molecule has 1 aliphatic heterocycles. The van der Waals surface area contributed by atoms with E-state index in [9.17, 15) is 9.59 Å². The molecule has 1 atom stereocenters. The minimum absolute atomic E-state index is 0.0992. The number of hydrogen-bond acceptors (Lipinski definition) is 5. The summed E-state index contributed by atoms with van der Waals surface area (Å²) in [6.07, 6.45) is 4.80. The maximum Gasteiger partial charge on any atom is 0.271 e. The van der Waals surface area contributed by atoms with Gasteiger partial charge in [-0.3, -0.25) is 14.6 Å². The normalized spacial score (nSPS) is 18.6. The summed E-state index contributed by atoms with van der Waals surface area (Å²) in [7, 11) is 0. The van der Waals surface area contributed by atoms with Gasteiger partial charge in [0.1, 0.15) is 11.7 Å². The third kappa shape index (κ3) is 2.92. The highest BCUT2D eigenvalue weighted by atomic mass is 32.1. The number of carbonyl (C=O) groups is 2. The Morgan fingerprint density at radius 2 is 2.38 bits per heavy atom. The molecule has 0 spiro atoms. The standard InChI is InChI=1S/C14H14N4O2S/c19-13(12-8-21-9-16-12)17-11-4-2-6-18(14(11)20)10-3-1-5-15-7-10/h1,3,5,7-9,11H,2,4,6H2,(H,17,19)/t11-/m0/s1. The van der Waals surface area contributed by atoms with Crippen molar-refractivity contribution in [2.75, 3.05) is 11.4 Å². The first-order valence-corrected chi connectivity index (χ1v) is 7.60. The lowest BCUT2D eigenvalue weighted by Gasteiger charge is -2.32. The Labute approximate surface area is 125 Å². The van der Waals surface area contributed by atoms with Crippen molar-refractivity contribution < 1.29 is 9.59 Å². The third-order valence-electron chi connectivity index (χ3n) is 3.37. The first-order chi connectivity index (χ1) is 10.3. The number of carbonyl (C=O) groups excluding carboxylic acids is 2. The average molecular weight is 302 g/mol. The highest BCUT2D eigenvalue weighted by Crippen LogP contribution is 2.20. The van der Waals surface area contributed by atoms with E-state index in [1.165, 1.54) is 11.3 Å². The lowest BCUT2D eigenvalue weighted by Crippen LogP contribution is -2.52. The number of anilines is 1. The summed E-state index contributed by atoms with van der Waals surface area (Å²) in [5.41, 5.74) is 2.71. The van der Waals surface area contributed by atoms with Crippen molar-refractivity contribution in [2.45, 2.75) is 18.9 Å². The number of nitrogens with zero attached hydrogens (tertiary/aromatic N) is 3. The van der Waals surface area contributed by atoms with Gasteiger partial charge >= 0.3 is 0 Å². The Bertz CT molecular complexity index is 630. The van der Waals surface area contributed by atoms with Crippen LogP contribution in [0.15, 0.2) is 35.4 Å². The number of amides is 2.